The molecule has 2 aliphatic rings. The number of hydrogen-bond acceptors (Lipinski definition) is 6. The highest BCUT2D eigenvalue weighted by Gasteiger charge is 2.36. The third kappa shape index (κ3) is 4.71. The van der Waals surface area contributed by atoms with Gasteiger partial charge in [0.2, 0.25) is 28.6 Å². The van der Waals surface area contributed by atoms with Crippen LogP contribution in [-0.4, -0.2) is 39.1 Å². The minimum atomic E-state index is -3.74. The Hall–Kier alpha value is -3.11. The summed E-state index contributed by atoms with van der Waals surface area (Å²) < 4.78 is 38.4. The average molecular weight is 460 g/mol. The first-order valence-corrected chi connectivity index (χ1v) is 11.7. The summed E-state index contributed by atoms with van der Waals surface area (Å²) in [6, 6.07) is 11.2. The van der Waals surface area contributed by atoms with Crippen LogP contribution in [0.1, 0.15) is 27.2 Å². The maximum Gasteiger partial charge on any atom is 0.241 e. The van der Waals surface area contributed by atoms with Crippen molar-refractivity contribution in [2.24, 2.45) is 5.92 Å². The van der Waals surface area contributed by atoms with Crippen molar-refractivity contribution < 1.29 is 27.5 Å². The summed E-state index contributed by atoms with van der Waals surface area (Å²) in [4.78, 5) is 27.0. The normalized spacial score (nSPS) is 18.2. The molecule has 10 heteroatoms. The Kier molecular flexibility index (Phi) is 5.59. The fourth-order valence-electron chi connectivity index (χ4n) is 3.63. The van der Waals surface area contributed by atoms with Gasteiger partial charge in [-0.3, -0.25) is 9.59 Å². The summed E-state index contributed by atoms with van der Waals surface area (Å²) in [5, 5.41) is 2.74. The lowest BCUT2D eigenvalue weighted by atomic mass is 10.1. The molecule has 2 aromatic rings. The summed E-state index contributed by atoms with van der Waals surface area (Å²) in [5.41, 5.74) is 0.345. The third-order valence-electron chi connectivity index (χ3n) is 5.02. The lowest BCUT2D eigenvalue weighted by Crippen LogP contribution is -2.40. The standard InChI is InChI=1S/C22H25N3O6S/c1-22(2,3)24-32(28,29)17-6-4-5-15(10-17)23-21(27)14-9-20(26)25(12-14)16-7-8-18-19(11-16)31-13-30-18/h4-8,10-11,14,24H,9,12-13H2,1-3H3,(H,23,27). The van der Waals surface area contributed by atoms with E-state index in [-0.39, 0.29) is 36.5 Å². The van der Waals surface area contributed by atoms with Crippen molar-refractivity contribution in [1.82, 2.24) is 4.72 Å². The fourth-order valence-corrected chi connectivity index (χ4v) is 5.10. The molecule has 0 saturated carbocycles. The van der Waals surface area contributed by atoms with Crippen molar-refractivity contribution >= 4 is 33.2 Å². The highest BCUT2D eigenvalue weighted by atomic mass is 32.2. The third-order valence-corrected chi connectivity index (χ3v) is 6.77. The quantitative estimate of drug-likeness (QED) is 0.710. The van der Waals surface area contributed by atoms with Crippen molar-refractivity contribution in [3.05, 3.63) is 42.5 Å². The first-order valence-electron chi connectivity index (χ1n) is 10.2. The minimum absolute atomic E-state index is 0.0507. The molecule has 1 atom stereocenters. The average Bonchev–Trinajstić information content (AvgIpc) is 3.32. The molecule has 32 heavy (non-hydrogen) atoms. The lowest BCUT2D eigenvalue weighted by Gasteiger charge is -2.20. The number of anilines is 2. The van der Waals surface area contributed by atoms with Gasteiger partial charge in [-0.1, -0.05) is 6.07 Å². The molecule has 0 spiro atoms. The second kappa shape index (κ2) is 8.10. The molecule has 0 bridgehead atoms. The van der Waals surface area contributed by atoms with Gasteiger partial charge in [0, 0.05) is 35.9 Å². The van der Waals surface area contributed by atoms with Crippen LogP contribution in [0.4, 0.5) is 11.4 Å². The zero-order chi connectivity index (χ0) is 23.1. The fraction of sp³-hybridized carbons (Fsp3) is 0.364. The molecule has 170 valence electrons. The topological polar surface area (TPSA) is 114 Å². The maximum absolute atomic E-state index is 12.8. The predicted molar refractivity (Wildman–Crippen MR) is 118 cm³/mol. The number of nitrogens with zero attached hydrogens (tertiary/aromatic N) is 1. The Balaban J connectivity index is 1.45. The number of amides is 2. The van der Waals surface area contributed by atoms with E-state index in [0.717, 1.165) is 0 Å². The molecule has 1 unspecified atom stereocenters. The van der Waals surface area contributed by atoms with Crippen LogP contribution in [0.25, 0.3) is 0 Å². The number of benzene rings is 2. The molecule has 9 nitrogen and oxygen atoms in total. The van der Waals surface area contributed by atoms with Gasteiger partial charge in [0.05, 0.1) is 10.8 Å². The lowest BCUT2D eigenvalue weighted by molar-refractivity contribution is -0.122. The smallest absolute Gasteiger partial charge is 0.241 e. The Labute approximate surface area is 186 Å². The SMILES string of the molecule is CC(C)(C)NS(=O)(=O)c1cccc(NC(=O)C2CC(=O)N(c3ccc4c(c3)OCO4)C2)c1. The number of hydrogen-bond donors (Lipinski definition) is 2. The van der Waals surface area contributed by atoms with Gasteiger partial charge in [0.25, 0.3) is 0 Å². The van der Waals surface area contributed by atoms with Crippen molar-refractivity contribution in [1.29, 1.82) is 0 Å². The van der Waals surface area contributed by atoms with E-state index in [4.69, 9.17) is 9.47 Å². The van der Waals surface area contributed by atoms with Crippen molar-refractivity contribution in [3.8, 4) is 11.5 Å². The van der Waals surface area contributed by atoms with E-state index in [1.165, 1.54) is 12.1 Å². The van der Waals surface area contributed by atoms with Crippen molar-refractivity contribution in [2.75, 3.05) is 23.6 Å². The molecule has 0 aliphatic carbocycles. The summed E-state index contributed by atoms with van der Waals surface area (Å²) in [7, 11) is -3.74. The van der Waals surface area contributed by atoms with Gasteiger partial charge in [-0.2, -0.15) is 0 Å². The minimum Gasteiger partial charge on any atom is -0.454 e. The molecule has 1 saturated heterocycles. The number of fused-ring (bicyclic) bond motifs is 1. The summed E-state index contributed by atoms with van der Waals surface area (Å²) >= 11 is 0. The zero-order valence-corrected chi connectivity index (χ0v) is 18.9. The molecular formula is C22H25N3O6S. The van der Waals surface area contributed by atoms with Crippen LogP contribution in [0.3, 0.4) is 0 Å². The summed E-state index contributed by atoms with van der Waals surface area (Å²) in [6.07, 6.45) is 0.0594. The van der Waals surface area contributed by atoms with Crippen LogP contribution >= 0.6 is 0 Å². The number of carbonyl (C=O) groups is 2. The Morgan fingerprint density at radius 1 is 1.09 bits per heavy atom. The van der Waals surface area contributed by atoms with Gasteiger partial charge >= 0.3 is 0 Å². The van der Waals surface area contributed by atoms with Crippen LogP contribution < -0.4 is 24.4 Å². The first kappa shape index (κ1) is 22.1. The maximum atomic E-state index is 12.8. The summed E-state index contributed by atoms with van der Waals surface area (Å²) in [5.74, 6) is 0.0890. The molecule has 4 rings (SSSR count). The van der Waals surface area contributed by atoms with Crippen LogP contribution in [0.2, 0.25) is 0 Å². The Morgan fingerprint density at radius 2 is 1.84 bits per heavy atom. The second-order valence-corrected chi connectivity index (χ2v) is 10.5. The highest BCUT2D eigenvalue weighted by Crippen LogP contribution is 2.37. The van der Waals surface area contributed by atoms with Crippen LogP contribution in [0, 0.1) is 5.92 Å². The van der Waals surface area contributed by atoms with E-state index in [9.17, 15) is 18.0 Å². The van der Waals surface area contributed by atoms with E-state index in [1.54, 1.807) is 56.0 Å². The molecule has 2 N–H and O–H groups in total. The summed E-state index contributed by atoms with van der Waals surface area (Å²) in [6.45, 7) is 5.60. The highest BCUT2D eigenvalue weighted by molar-refractivity contribution is 7.89. The van der Waals surface area contributed by atoms with Gasteiger partial charge in [-0.05, 0) is 51.1 Å². The van der Waals surface area contributed by atoms with E-state index in [2.05, 4.69) is 10.0 Å². The molecule has 2 amide bonds. The van der Waals surface area contributed by atoms with E-state index in [0.29, 0.717) is 22.9 Å². The van der Waals surface area contributed by atoms with Gasteiger partial charge in [-0.15, -0.1) is 0 Å². The Bertz CT molecular complexity index is 1170. The molecule has 2 aromatic carbocycles. The number of rotatable bonds is 5. The van der Waals surface area contributed by atoms with Gasteiger partial charge in [0.15, 0.2) is 11.5 Å². The van der Waals surface area contributed by atoms with E-state index in [1.807, 2.05) is 0 Å². The van der Waals surface area contributed by atoms with Gasteiger partial charge in [-0.25, -0.2) is 13.1 Å². The van der Waals surface area contributed by atoms with Crippen molar-refractivity contribution in [2.45, 2.75) is 37.6 Å². The number of sulfonamides is 1. The van der Waals surface area contributed by atoms with E-state index >= 15 is 0 Å². The molecule has 0 aromatic heterocycles. The van der Waals surface area contributed by atoms with Gasteiger partial charge < -0.3 is 19.7 Å². The molecular weight excluding hydrogens is 434 g/mol. The Morgan fingerprint density at radius 3 is 2.59 bits per heavy atom. The first-order chi connectivity index (χ1) is 15.0. The van der Waals surface area contributed by atoms with Crippen LogP contribution in [0.15, 0.2) is 47.4 Å². The molecule has 0 radical (unpaired) electrons. The van der Waals surface area contributed by atoms with Crippen LogP contribution in [-0.2, 0) is 19.6 Å². The number of nitrogens with one attached hydrogen (secondary N) is 2. The monoisotopic (exact) mass is 459 g/mol. The number of ether oxygens (including phenoxy) is 2. The second-order valence-electron chi connectivity index (χ2n) is 8.82. The van der Waals surface area contributed by atoms with Crippen molar-refractivity contribution in [3.63, 3.8) is 0 Å². The van der Waals surface area contributed by atoms with E-state index < -0.39 is 21.5 Å². The van der Waals surface area contributed by atoms with Crippen LogP contribution in [0.5, 0.6) is 11.5 Å². The zero-order valence-electron chi connectivity index (χ0n) is 18.0. The van der Waals surface area contributed by atoms with Gasteiger partial charge in [0.1, 0.15) is 0 Å². The largest absolute Gasteiger partial charge is 0.454 e. The predicted octanol–water partition coefficient (Wildman–Crippen LogP) is 2.48. The molecule has 2 heterocycles. The number of carbonyl (C=O) groups excluding carboxylic acids is 2. The molecule has 1 fully saturated rings. The molecule has 2 aliphatic heterocycles.